The maximum absolute atomic E-state index is 13.5. The molecule has 2 aromatic rings. The molecule has 9 nitrogen and oxygen atoms in total. The maximum atomic E-state index is 13.5. The van der Waals surface area contributed by atoms with Crippen LogP contribution < -0.4 is 19.1 Å². The zero-order valence-electron chi connectivity index (χ0n) is 20.4. The van der Waals surface area contributed by atoms with Crippen LogP contribution in [0.25, 0.3) is 0 Å². The molecule has 0 saturated heterocycles. The molecule has 1 aliphatic heterocycles. The molecule has 0 bridgehead atoms. The van der Waals surface area contributed by atoms with E-state index in [1.54, 1.807) is 25.1 Å². The van der Waals surface area contributed by atoms with Crippen molar-refractivity contribution in [3.8, 4) is 11.5 Å². The fourth-order valence-corrected chi connectivity index (χ4v) is 4.61. The summed E-state index contributed by atoms with van der Waals surface area (Å²) >= 11 is 0. The number of hydrogen-bond acceptors (Lipinski definition) is 6. The van der Waals surface area contributed by atoms with E-state index >= 15 is 0 Å². The minimum atomic E-state index is -3.81. The molecule has 1 N–H and O–H groups in total. The van der Waals surface area contributed by atoms with Crippen molar-refractivity contribution in [2.45, 2.75) is 32.7 Å². The number of anilines is 1. The van der Waals surface area contributed by atoms with Gasteiger partial charge in [0.25, 0.3) is 0 Å². The normalized spacial score (nSPS) is 13.6. The summed E-state index contributed by atoms with van der Waals surface area (Å²) in [6.07, 6.45) is 2.34. The van der Waals surface area contributed by atoms with Crippen LogP contribution in [0.15, 0.2) is 48.5 Å². The van der Waals surface area contributed by atoms with Crippen molar-refractivity contribution in [1.29, 1.82) is 0 Å². The van der Waals surface area contributed by atoms with Crippen LogP contribution in [-0.4, -0.2) is 70.3 Å². The van der Waals surface area contributed by atoms with Crippen LogP contribution in [0.2, 0.25) is 0 Å². The molecule has 2 amide bonds. The number of fused-ring (bicyclic) bond motifs is 1. The van der Waals surface area contributed by atoms with Gasteiger partial charge in [-0.2, -0.15) is 0 Å². The van der Waals surface area contributed by atoms with Gasteiger partial charge in [-0.1, -0.05) is 37.3 Å². The molecule has 0 fully saturated rings. The van der Waals surface area contributed by atoms with Gasteiger partial charge in [0.05, 0.1) is 11.9 Å². The first kappa shape index (κ1) is 26.3. The van der Waals surface area contributed by atoms with Crippen LogP contribution in [0.3, 0.4) is 0 Å². The molecule has 0 unspecified atom stereocenters. The molecule has 0 saturated carbocycles. The summed E-state index contributed by atoms with van der Waals surface area (Å²) in [7, 11) is -3.81. The predicted octanol–water partition coefficient (Wildman–Crippen LogP) is 2.21. The lowest BCUT2D eigenvalue weighted by Crippen LogP contribution is -2.52. The minimum absolute atomic E-state index is 0.266. The molecule has 35 heavy (non-hydrogen) atoms. The fraction of sp³-hybridized carbons (Fsp3) is 0.440. The molecule has 1 atom stereocenters. The number of nitrogens with one attached hydrogen (secondary N) is 1. The average molecular weight is 504 g/mol. The second-order valence-electron chi connectivity index (χ2n) is 8.39. The van der Waals surface area contributed by atoms with Crippen LogP contribution in [0.5, 0.6) is 11.5 Å². The summed E-state index contributed by atoms with van der Waals surface area (Å²) in [5.74, 6) is 0.187. The highest BCUT2D eigenvalue weighted by molar-refractivity contribution is 7.92. The number of carbonyl (C=O) groups is 2. The Labute approximate surface area is 207 Å². The highest BCUT2D eigenvalue weighted by Crippen LogP contribution is 2.34. The summed E-state index contributed by atoms with van der Waals surface area (Å²) in [4.78, 5) is 27.6. The van der Waals surface area contributed by atoms with Crippen molar-refractivity contribution in [1.82, 2.24) is 10.2 Å². The van der Waals surface area contributed by atoms with E-state index in [-0.39, 0.29) is 18.1 Å². The summed E-state index contributed by atoms with van der Waals surface area (Å²) in [6.45, 7) is 4.68. The molecular weight excluding hydrogens is 470 g/mol. The first-order chi connectivity index (χ1) is 16.7. The SMILES string of the molecule is CCCNC(=O)[C@H](C)N(CCc1ccccc1)C(=O)CN(c1ccc2c(c1)OCCO2)S(C)(=O)=O. The van der Waals surface area contributed by atoms with Crippen LogP contribution in [-0.2, 0) is 26.0 Å². The third-order valence-corrected chi connectivity index (χ3v) is 6.83. The van der Waals surface area contributed by atoms with E-state index in [0.29, 0.717) is 37.7 Å². The van der Waals surface area contributed by atoms with E-state index in [1.807, 2.05) is 37.3 Å². The van der Waals surface area contributed by atoms with Crippen molar-refractivity contribution < 1.29 is 27.5 Å². The number of nitrogens with zero attached hydrogens (tertiary/aromatic N) is 2. The zero-order chi connectivity index (χ0) is 25.4. The van der Waals surface area contributed by atoms with E-state index in [0.717, 1.165) is 22.5 Å². The Balaban J connectivity index is 1.84. The summed E-state index contributed by atoms with van der Waals surface area (Å²) in [5.41, 5.74) is 1.30. The molecule has 0 aromatic heterocycles. The highest BCUT2D eigenvalue weighted by atomic mass is 32.2. The monoisotopic (exact) mass is 503 g/mol. The minimum Gasteiger partial charge on any atom is -0.486 e. The van der Waals surface area contributed by atoms with Crippen LogP contribution in [0.1, 0.15) is 25.8 Å². The molecule has 0 aliphatic carbocycles. The largest absolute Gasteiger partial charge is 0.486 e. The quantitative estimate of drug-likeness (QED) is 0.504. The lowest BCUT2D eigenvalue weighted by Gasteiger charge is -2.31. The van der Waals surface area contributed by atoms with Crippen LogP contribution >= 0.6 is 0 Å². The molecule has 2 aromatic carbocycles. The highest BCUT2D eigenvalue weighted by Gasteiger charge is 2.30. The number of benzene rings is 2. The second kappa shape index (κ2) is 11.9. The zero-order valence-corrected chi connectivity index (χ0v) is 21.2. The van der Waals surface area contributed by atoms with E-state index in [9.17, 15) is 18.0 Å². The smallest absolute Gasteiger partial charge is 0.244 e. The third kappa shape index (κ3) is 7.11. The van der Waals surface area contributed by atoms with Crippen LogP contribution in [0, 0.1) is 0 Å². The second-order valence-corrected chi connectivity index (χ2v) is 10.3. The van der Waals surface area contributed by atoms with E-state index < -0.39 is 28.5 Å². The Hall–Kier alpha value is -3.27. The van der Waals surface area contributed by atoms with Gasteiger partial charge in [-0.25, -0.2) is 8.42 Å². The number of carbonyl (C=O) groups excluding carboxylic acids is 2. The molecule has 10 heteroatoms. The van der Waals surface area contributed by atoms with Gasteiger partial charge in [-0.05, 0) is 37.5 Å². The Morgan fingerprint density at radius 3 is 2.40 bits per heavy atom. The Morgan fingerprint density at radius 2 is 1.74 bits per heavy atom. The Bertz CT molecular complexity index is 1120. The van der Waals surface area contributed by atoms with Gasteiger partial charge in [0.2, 0.25) is 21.8 Å². The molecule has 0 radical (unpaired) electrons. The number of ether oxygens (including phenoxy) is 2. The lowest BCUT2D eigenvalue weighted by atomic mass is 10.1. The van der Waals surface area contributed by atoms with Crippen LogP contribution in [0.4, 0.5) is 5.69 Å². The maximum Gasteiger partial charge on any atom is 0.244 e. The van der Waals surface area contributed by atoms with Crippen molar-refractivity contribution in [3.05, 3.63) is 54.1 Å². The first-order valence-electron chi connectivity index (χ1n) is 11.7. The van der Waals surface area contributed by atoms with Gasteiger partial charge in [-0.15, -0.1) is 0 Å². The van der Waals surface area contributed by atoms with Crippen molar-refractivity contribution >= 4 is 27.5 Å². The third-order valence-electron chi connectivity index (χ3n) is 5.69. The first-order valence-corrected chi connectivity index (χ1v) is 13.5. The van der Waals surface area contributed by atoms with E-state index in [1.165, 1.54) is 4.90 Å². The van der Waals surface area contributed by atoms with Crippen molar-refractivity contribution in [2.24, 2.45) is 0 Å². The number of hydrogen-bond donors (Lipinski definition) is 1. The predicted molar refractivity (Wildman–Crippen MR) is 134 cm³/mol. The molecule has 190 valence electrons. The van der Waals surface area contributed by atoms with Gasteiger partial charge in [0.15, 0.2) is 11.5 Å². The van der Waals surface area contributed by atoms with Gasteiger partial charge in [-0.3, -0.25) is 13.9 Å². The average Bonchev–Trinajstić information content (AvgIpc) is 2.85. The number of rotatable bonds is 11. The van der Waals surface area contributed by atoms with Crippen molar-refractivity contribution in [2.75, 3.05) is 43.4 Å². The summed E-state index contributed by atoms with van der Waals surface area (Å²) in [6, 6.07) is 13.6. The molecule has 0 spiro atoms. The molecule has 1 heterocycles. The van der Waals surface area contributed by atoms with Gasteiger partial charge in [0, 0.05) is 19.2 Å². The Morgan fingerprint density at radius 1 is 1.06 bits per heavy atom. The number of sulfonamides is 1. The van der Waals surface area contributed by atoms with Gasteiger partial charge >= 0.3 is 0 Å². The Kier molecular flexibility index (Phi) is 8.97. The van der Waals surface area contributed by atoms with Gasteiger partial charge < -0.3 is 19.7 Å². The molecule has 1 aliphatic rings. The lowest BCUT2D eigenvalue weighted by molar-refractivity contribution is -0.138. The topological polar surface area (TPSA) is 105 Å². The fourth-order valence-electron chi connectivity index (χ4n) is 3.77. The standard InChI is InChI=1S/C25H33N3O6S/c1-4-13-26-25(30)19(2)27(14-12-20-8-6-5-7-9-20)24(29)18-28(35(3,31)32)21-10-11-22-23(17-21)34-16-15-33-22/h5-11,17,19H,4,12-16,18H2,1-3H3,(H,26,30)/t19-/m0/s1. The summed E-state index contributed by atoms with van der Waals surface area (Å²) in [5, 5.41) is 2.82. The molecule has 3 rings (SSSR count). The molecular formula is C25H33N3O6S. The summed E-state index contributed by atoms with van der Waals surface area (Å²) < 4.78 is 37.5. The van der Waals surface area contributed by atoms with E-state index in [2.05, 4.69) is 5.32 Å². The van der Waals surface area contributed by atoms with E-state index in [4.69, 9.17) is 9.47 Å². The van der Waals surface area contributed by atoms with Gasteiger partial charge in [0.1, 0.15) is 25.8 Å². The number of amides is 2. The van der Waals surface area contributed by atoms with Crippen molar-refractivity contribution in [3.63, 3.8) is 0 Å².